The van der Waals surface area contributed by atoms with E-state index in [-0.39, 0.29) is 6.04 Å². The maximum Gasteiger partial charge on any atom is 0.0762 e. The van der Waals surface area contributed by atoms with Gasteiger partial charge in [0.1, 0.15) is 0 Å². The van der Waals surface area contributed by atoms with Gasteiger partial charge in [0.15, 0.2) is 0 Å². The molecule has 2 rings (SSSR count). The van der Waals surface area contributed by atoms with Gasteiger partial charge in [-0.3, -0.25) is 0 Å². The van der Waals surface area contributed by atoms with E-state index in [0.29, 0.717) is 6.10 Å². The minimum atomic E-state index is 0.142. The summed E-state index contributed by atoms with van der Waals surface area (Å²) in [6.45, 7) is 3.92. The third-order valence-corrected chi connectivity index (χ3v) is 3.71. The van der Waals surface area contributed by atoms with Crippen molar-refractivity contribution in [3.63, 3.8) is 0 Å². The first-order chi connectivity index (χ1) is 8.61. The monoisotopic (exact) mass is 268 g/mol. The Morgan fingerprint density at radius 2 is 2.33 bits per heavy atom. The van der Waals surface area contributed by atoms with Gasteiger partial charge in [0, 0.05) is 26.2 Å². The molecule has 4 heteroatoms. The lowest BCUT2D eigenvalue weighted by molar-refractivity contribution is 0.121. The van der Waals surface area contributed by atoms with E-state index in [9.17, 15) is 0 Å². The van der Waals surface area contributed by atoms with Gasteiger partial charge in [-0.15, -0.1) is 0 Å². The molecule has 2 atom stereocenters. The second kappa shape index (κ2) is 5.91. The van der Waals surface area contributed by atoms with E-state index in [1.807, 2.05) is 19.1 Å². The van der Waals surface area contributed by atoms with Crippen molar-refractivity contribution in [1.82, 2.24) is 0 Å². The molecule has 0 radical (unpaired) electrons. The molecule has 2 N–H and O–H groups in total. The summed E-state index contributed by atoms with van der Waals surface area (Å²) in [5.41, 5.74) is 8.28. The molecule has 1 aliphatic heterocycles. The van der Waals surface area contributed by atoms with E-state index < -0.39 is 0 Å². The van der Waals surface area contributed by atoms with Crippen molar-refractivity contribution in [2.45, 2.75) is 31.9 Å². The van der Waals surface area contributed by atoms with Crippen LogP contribution in [0.15, 0.2) is 18.2 Å². The molecule has 0 saturated carbocycles. The average Bonchev–Trinajstić information content (AvgIpc) is 2.76. The Labute approximate surface area is 114 Å². The van der Waals surface area contributed by atoms with Crippen LogP contribution in [0, 0.1) is 0 Å². The fraction of sp³-hybridized carbons (Fsp3) is 0.571. The van der Waals surface area contributed by atoms with Crippen molar-refractivity contribution in [1.29, 1.82) is 0 Å². The van der Waals surface area contributed by atoms with E-state index in [1.165, 1.54) is 5.56 Å². The van der Waals surface area contributed by atoms with Gasteiger partial charge in [-0.2, -0.15) is 0 Å². The summed E-state index contributed by atoms with van der Waals surface area (Å²) in [5.74, 6) is 0. The van der Waals surface area contributed by atoms with Crippen LogP contribution in [0.1, 0.15) is 18.9 Å². The molecule has 0 amide bonds. The smallest absolute Gasteiger partial charge is 0.0762 e. The molecule has 0 spiro atoms. The number of hydrogen-bond acceptors (Lipinski definition) is 3. The molecule has 1 aromatic rings. The molecule has 0 bridgehead atoms. The number of anilines is 1. The van der Waals surface area contributed by atoms with Gasteiger partial charge < -0.3 is 15.4 Å². The summed E-state index contributed by atoms with van der Waals surface area (Å²) >= 11 is 6.36. The molecule has 1 fully saturated rings. The SMILES string of the molecule is COC1CCN(c2c(Cl)cccc2CC(C)N)C1. The Bertz CT molecular complexity index is 409. The van der Waals surface area contributed by atoms with Gasteiger partial charge in [-0.05, 0) is 31.4 Å². The van der Waals surface area contributed by atoms with E-state index >= 15 is 0 Å². The maximum absolute atomic E-state index is 6.36. The third kappa shape index (κ3) is 2.97. The van der Waals surface area contributed by atoms with Gasteiger partial charge >= 0.3 is 0 Å². The lowest BCUT2D eigenvalue weighted by atomic mass is 10.0. The van der Waals surface area contributed by atoms with Gasteiger partial charge in [0.25, 0.3) is 0 Å². The molecule has 3 nitrogen and oxygen atoms in total. The highest BCUT2D eigenvalue weighted by Gasteiger charge is 2.25. The highest BCUT2D eigenvalue weighted by Crippen LogP contribution is 2.33. The van der Waals surface area contributed by atoms with Crippen LogP contribution in [-0.2, 0) is 11.2 Å². The Hall–Kier alpha value is -0.770. The first kappa shape index (κ1) is 13.7. The zero-order valence-electron chi connectivity index (χ0n) is 11.0. The number of nitrogens with two attached hydrogens (primary N) is 1. The Balaban J connectivity index is 2.25. The van der Waals surface area contributed by atoms with Crippen LogP contribution < -0.4 is 10.6 Å². The van der Waals surface area contributed by atoms with Gasteiger partial charge in [-0.1, -0.05) is 23.7 Å². The van der Waals surface area contributed by atoms with Crippen LogP contribution in [0.5, 0.6) is 0 Å². The first-order valence-corrected chi connectivity index (χ1v) is 6.80. The zero-order chi connectivity index (χ0) is 13.1. The summed E-state index contributed by atoms with van der Waals surface area (Å²) in [6.07, 6.45) is 2.22. The summed E-state index contributed by atoms with van der Waals surface area (Å²) in [5, 5.41) is 0.810. The number of hydrogen-bond donors (Lipinski definition) is 1. The van der Waals surface area contributed by atoms with Crippen LogP contribution in [0.25, 0.3) is 0 Å². The summed E-state index contributed by atoms with van der Waals surface area (Å²) in [6, 6.07) is 6.20. The van der Waals surface area contributed by atoms with Crippen molar-refractivity contribution < 1.29 is 4.74 Å². The topological polar surface area (TPSA) is 38.5 Å². The third-order valence-electron chi connectivity index (χ3n) is 3.41. The van der Waals surface area contributed by atoms with Crippen LogP contribution >= 0.6 is 11.6 Å². The van der Waals surface area contributed by atoms with Crippen molar-refractivity contribution >= 4 is 17.3 Å². The molecule has 1 aromatic carbocycles. The fourth-order valence-electron chi connectivity index (χ4n) is 2.55. The standard InChI is InChI=1S/C14H21ClN2O/c1-10(16)8-11-4-3-5-13(15)14(11)17-7-6-12(9-17)18-2/h3-5,10,12H,6-9,16H2,1-2H3. The van der Waals surface area contributed by atoms with Gasteiger partial charge in [0.05, 0.1) is 16.8 Å². The fourth-order valence-corrected chi connectivity index (χ4v) is 2.86. The van der Waals surface area contributed by atoms with Gasteiger partial charge in [0.2, 0.25) is 0 Å². The maximum atomic E-state index is 6.36. The minimum absolute atomic E-state index is 0.142. The van der Waals surface area contributed by atoms with E-state index in [1.54, 1.807) is 7.11 Å². The van der Waals surface area contributed by atoms with E-state index in [2.05, 4.69) is 11.0 Å². The minimum Gasteiger partial charge on any atom is -0.380 e. The van der Waals surface area contributed by atoms with Gasteiger partial charge in [-0.25, -0.2) is 0 Å². The molecule has 1 saturated heterocycles. The Morgan fingerprint density at radius 3 is 2.94 bits per heavy atom. The molecule has 18 heavy (non-hydrogen) atoms. The van der Waals surface area contributed by atoms with Crippen LogP contribution in [0.2, 0.25) is 5.02 Å². The number of benzene rings is 1. The summed E-state index contributed by atoms with van der Waals surface area (Å²) in [7, 11) is 1.77. The lowest BCUT2D eigenvalue weighted by Crippen LogP contribution is -2.25. The molecule has 0 aromatic heterocycles. The lowest BCUT2D eigenvalue weighted by Gasteiger charge is -2.24. The number of halogens is 1. The Morgan fingerprint density at radius 1 is 1.56 bits per heavy atom. The number of methoxy groups -OCH3 is 1. The predicted octanol–water partition coefficient (Wildman–Crippen LogP) is 2.45. The predicted molar refractivity (Wildman–Crippen MR) is 76.4 cm³/mol. The van der Waals surface area contributed by atoms with E-state index in [4.69, 9.17) is 22.1 Å². The summed E-state index contributed by atoms with van der Waals surface area (Å²) < 4.78 is 5.41. The van der Waals surface area contributed by atoms with E-state index in [0.717, 1.165) is 36.6 Å². The second-order valence-electron chi connectivity index (χ2n) is 5.02. The number of rotatable bonds is 4. The van der Waals surface area contributed by atoms with Crippen LogP contribution in [0.3, 0.4) is 0 Å². The highest BCUT2D eigenvalue weighted by molar-refractivity contribution is 6.33. The zero-order valence-corrected chi connectivity index (χ0v) is 11.8. The average molecular weight is 269 g/mol. The largest absolute Gasteiger partial charge is 0.380 e. The van der Waals surface area contributed by atoms with Crippen LogP contribution in [-0.4, -0.2) is 32.3 Å². The second-order valence-corrected chi connectivity index (χ2v) is 5.43. The molecule has 0 aliphatic carbocycles. The Kier molecular flexibility index (Phi) is 4.49. The van der Waals surface area contributed by atoms with Crippen molar-refractivity contribution in [2.24, 2.45) is 5.73 Å². The summed E-state index contributed by atoms with van der Waals surface area (Å²) in [4.78, 5) is 2.31. The number of ether oxygens (including phenoxy) is 1. The molecule has 1 aliphatic rings. The van der Waals surface area contributed by atoms with Crippen molar-refractivity contribution in [2.75, 3.05) is 25.1 Å². The molecule has 100 valence electrons. The highest BCUT2D eigenvalue weighted by atomic mass is 35.5. The van der Waals surface area contributed by atoms with Crippen molar-refractivity contribution in [3.8, 4) is 0 Å². The molecule has 2 unspecified atom stereocenters. The number of nitrogens with zero attached hydrogens (tertiary/aromatic N) is 1. The van der Waals surface area contributed by atoms with Crippen LogP contribution in [0.4, 0.5) is 5.69 Å². The molecule has 1 heterocycles. The molecular formula is C14H21ClN2O. The quantitative estimate of drug-likeness (QED) is 0.912. The normalized spacial score (nSPS) is 21.3. The molecular weight excluding hydrogens is 248 g/mol. The number of para-hydroxylation sites is 1. The first-order valence-electron chi connectivity index (χ1n) is 6.42. The van der Waals surface area contributed by atoms with Crippen molar-refractivity contribution in [3.05, 3.63) is 28.8 Å².